The molecule has 94 valence electrons. The summed E-state index contributed by atoms with van der Waals surface area (Å²) in [5.41, 5.74) is 3.19. The maximum Gasteiger partial charge on any atom is 0.0426 e. The molecule has 0 unspecified atom stereocenters. The van der Waals surface area contributed by atoms with Crippen LogP contribution in [-0.4, -0.2) is 7.05 Å². The minimum Gasteiger partial charge on any atom is -0.316 e. The van der Waals surface area contributed by atoms with E-state index in [2.05, 4.69) is 5.32 Å². The molecule has 0 aliphatic carbocycles. The first kappa shape index (κ1) is 13.7. The van der Waals surface area contributed by atoms with Crippen LogP contribution in [-0.2, 0) is 6.54 Å². The third-order valence-corrected chi connectivity index (χ3v) is 3.28. The minimum absolute atomic E-state index is 0.628. The van der Waals surface area contributed by atoms with Gasteiger partial charge in [-0.2, -0.15) is 0 Å². The molecule has 0 aliphatic heterocycles. The van der Waals surface area contributed by atoms with Crippen LogP contribution < -0.4 is 5.32 Å². The van der Waals surface area contributed by atoms with Gasteiger partial charge >= 0.3 is 0 Å². The Balaban J connectivity index is 2.55. The molecular weight excluding hydrogens is 289 g/mol. The van der Waals surface area contributed by atoms with Gasteiger partial charge in [0, 0.05) is 21.6 Å². The number of hydrogen-bond donors (Lipinski definition) is 1. The molecule has 2 aromatic carbocycles. The van der Waals surface area contributed by atoms with Crippen molar-refractivity contribution in [2.45, 2.75) is 6.54 Å². The van der Waals surface area contributed by atoms with Gasteiger partial charge in [0.15, 0.2) is 0 Å². The summed E-state index contributed by atoms with van der Waals surface area (Å²) < 4.78 is 0. The Morgan fingerprint density at radius 3 is 2.17 bits per heavy atom. The van der Waals surface area contributed by atoms with Gasteiger partial charge in [0.05, 0.1) is 0 Å². The molecule has 1 nitrogen and oxygen atoms in total. The van der Waals surface area contributed by atoms with Gasteiger partial charge in [0.25, 0.3) is 0 Å². The van der Waals surface area contributed by atoms with E-state index < -0.39 is 0 Å². The van der Waals surface area contributed by atoms with Crippen molar-refractivity contribution in [3.8, 4) is 11.1 Å². The molecule has 0 amide bonds. The number of nitrogens with one attached hydrogen (secondary N) is 1. The normalized spacial score (nSPS) is 10.7. The van der Waals surface area contributed by atoms with Crippen molar-refractivity contribution in [1.29, 1.82) is 0 Å². The summed E-state index contributed by atoms with van der Waals surface area (Å²) in [6, 6.07) is 11.3. The molecule has 18 heavy (non-hydrogen) atoms. The number of halogens is 3. The summed E-state index contributed by atoms with van der Waals surface area (Å²) in [6.07, 6.45) is 0. The zero-order chi connectivity index (χ0) is 13.1. The number of hydrogen-bond acceptors (Lipinski definition) is 1. The molecule has 1 N–H and O–H groups in total. The first-order chi connectivity index (χ1) is 8.60. The van der Waals surface area contributed by atoms with E-state index in [-0.39, 0.29) is 0 Å². The molecule has 0 heterocycles. The van der Waals surface area contributed by atoms with Crippen molar-refractivity contribution in [2.75, 3.05) is 7.05 Å². The maximum absolute atomic E-state index is 6.03. The van der Waals surface area contributed by atoms with Crippen LogP contribution in [0.3, 0.4) is 0 Å². The van der Waals surface area contributed by atoms with Crippen LogP contribution in [0.15, 0.2) is 36.4 Å². The molecule has 0 fully saturated rings. The Bertz CT molecular complexity index is 547. The highest BCUT2D eigenvalue weighted by atomic mass is 35.5. The van der Waals surface area contributed by atoms with Crippen LogP contribution in [0, 0.1) is 0 Å². The van der Waals surface area contributed by atoms with Crippen molar-refractivity contribution in [3.63, 3.8) is 0 Å². The summed E-state index contributed by atoms with van der Waals surface area (Å²) in [7, 11) is 1.90. The molecule has 0 saturated carbocycles. The van der Waals surface area contributed by atoms with Crippen molar-refractivity contribution >= 4 is 34.8 Å². The third kappa shape index (κ3) is 3.18. The second kappa shape index (κ2) is 5.94. The Morgan fingerprint density at radius 2 is 1.56 bits per heavy atom. The fraction of sp³-hybridized carbons (Fsp3) is 0.143. The van der Waals surface area contributed by atoms with Gasteiger partial charge < -0.3 is 5.32 Å². The van der Waals surface area contributed by atoms with Gasteiger partial charge in [-0.05, 0) is 54.1 Å². The van der Waals surface area contributed by atoms with Crippen LogP contribution in [0.25, 0.3) is 11.1 Å². The van der Waals surface area contributed by atoms with Crippen molar-refractivity contribution in [3.05, 3.63) is 57.0 Å². The molecule has 0 spiro atoms. The number of benzene rings is 2. The SMILES string of the molecule is CNCc1cc(Cl)ccc1-c1cc(Cl)cc(Cl)c1. The van der Waals surface area contributed by atoms with Crippen molar-refractivity contribution in [1.82, 2.24) is 5.32 Å². The van der Waals surface area contributed by atoms with E-state index in [9.17, 15) is 0 Å². The second-order valence-corrected chi connectivity index (χ2v) is 5.30. The fourth-order valence-corrected chi connectivity index (χ4v) is 2.61. The predicted molar refractivity (Wildman–Crippen MR) is 79.7 cm³/mol. The lowest BCUT2D eigenvalue weighted by Crippen LogP contribution is -2.06. The molecule has 0 aromatic heterocycles. The van der Waals surface area contributed by atoms with Gasteiger partial charge in [0.1, 0.15) is 0 Å². The monoisotopic (exact) mass is 299 g/mol. The van der Waals surface area contributed by atoms with Crippen LogP contribution in [0.1, 0.15) is 5.56 Å². The van der Waals surface area contributed by atoms with Crippen LogP contribution in [0.4, 0.5) is 0 Å². The standard InChI is InChI=1S/C14H12Cl3N/c1-18-8-10-6-11(15)2-3-14(10)9-4-12(16)7-13(17)5-9/h2-7,18H,8H2,1H3. The summed E-state index contributed by atoms with van der Waals surface area (Å²) in [6.45, 7) is 0.736. The summed E-state index contributed by atoms with van der Waals surface area (Å²) >= 11 is 18.1. The molecule has 0 bridgehead atoms. The van der Waals surface area contributed by atoms with E-state index in [1.165, 1.54) is 0 Å². The second-order valence-electron chi connectivity index (χ2n) is 3.99. The van der Waals surface area contributed by atoms with Gasteiger partial charge in [-0.15, -0.1) is 0 Å². The van der Waals surface area contributed by atoms with Crippen molar-refractivity contribution < 1.29 is 0 Å². The van der Waals surface area contributed by atoms with E-state index in [0.717, 1.165) is 28.3 Å². The Hall–Kier alpha value is -0.730. The third-order valence-electron chi connectivity index (χ3n) is 2.61. The Morgan fingerprint density at radius 1 is 0.889 bits per heavy atom. The van der Waals surface area contributed by atoms with Gasteiger partial charge in [-0.1, -0.05) is 40.9 Å². The quantitative estimate of drug-likeness (QED) is 0.838. The van der Waals surface area contributed by atoms with Crippen LogP contribution in [0.2, 0.25) is 15.1 Å². The fourth-order valence-electron chi connectivity index (χ4n) is 1.89. The zero-order valence-electron chi connectivity index (χ0n) is 9.81. The molecule has 2 aromatic rings. The highest BCUT2D eigenvalue weighted by Gasteiger charge is 2.07. The highest BCUT2D eigenvalue weighted by molar-refractivity contribution is 6.35. The van der Waals surface area contributed by atoms with E-state index in [1.807, 2.05) is 37.4 Å². The van der Waals surface area contributed by atoms with Crippen LogP contribution >= 0.6 is 34.8 Å². The molecule has 0 aliphatic rings. The average Bonchev–Trinajstić information content (AvgIpc) is 2.28. The van der Waals surface area contributed by atoms with Crippen molar-refractivity contribution in [2.24, 2.45) is 0 Å². The summed E-state index contributed by atoms with van der Waals surface area (Å²) in [5.74, 6) is 0. The van der Waals surface area contributed by atoms with E-state index >= 15 is 0 Å². The first-order valence-electron chi connectivity index (χ1n) is 5.49. The highest BCUT2D eigenvalue weighted by Crippen LogP contribution is 2.31. The lowest BCUT2D eigenvalue weighted by molar-refractivity contribution is 0.819. The smallest absolute Gasteiger partial charge is 0.0426 e. The minimum atomic E-state index is 0.628. The summed E-state index contributed by atoms with van der Waals surface area (Å²) in [4.78, 5) is 0. The lowest BCUT2D eigenvalue weighted by Gasteiger charge is -2.11. The topological polar surface area (TPSA) is 12.0 Å². The molecule has 0 atom stereocenters. The number of rotatable bonds is 3. The first-order valence-corrected chi connectivity index (χ1v) is 6.63. The van der Waals surface area contributed by atoms with E-state index in [0.29, 0.717) is 10.0 Å². The maximum atomic E-state index is 6.03. The Labute approximate surface area is 122 Å². The van der Waals surface area contributed by atoms with E-state index in [4.69, 9.17) is 34.8 Å². The molecular formula is C14H12Cl3N. The predicted octanol–water partition coefficient (Wildman–Crippen LogP) is 5.03. The Kier molecular flexibility index (Phi) is 4.52. The average molecular weight is 301 g/mol. The largest absolute Gasteiger partial charge is 0.316 e. The van der Waals surface area contributed by atoms with Crippen LogP contribution in [0.5, 0.6) is 0 Å². The molecule has 0 saturated heterocycles. The summed E-state index contributed by atoms with van der Waals surface area (Å²) in [5, 5.41) is 5.10. The van der Waals surface area contributed by atoms with E-state index in [1.54, 1.807) is 6.07 Å². The lowest BCUT2D eigenvalue weighted by atomic mass is 9.99. The van der Waals surface area contributed by atoms with Gasteiger partial charge in [-0.25, -0.2) is 0 Å². The van der Waals surface area contributed by atoms with Gasteiger partial charge in [0.2, 0.25) is 0 Å². The molecule has 2 rings (SSSR count). The molecule has 0 radical (unpaired) electrons. The molecule has 4 heteroatoms. The van der Waals surface area contributed by atoms with Gasteiger partial charge in [-0.3, -0.25) is 0 Å². The zero-order valence-corrected chi connectivity index (χ0v) is 12.1.